The van der Waals surface area contributed by atoms with Gasteiger partial charge in [-0.15, -0.1) is 5.10 Å². The minimum Gasteiger partial charge on any atom is -0.489 e. The molecule has 1 fully saturated rings. The first-order valence-electron chi connectivity index (χ1n) is 6.46. The summed E-state index contributed by atoms with van der Waals surface area (Å²) in [5.74, 6) is 0.762. The molecule has 1 aromatic carbocycles. The maximum Gasteiger partial charge on any atom is 0.322 e. The minimum absolute atomic E-state index is 0.00323. The van der Waals surface area contributed by atoms with E-state index in [4.69, 9.17) is 16.3 Å². The first-order valence-corrected chi connectivity index (χ1v) is 7.61. The molecule has 0 spiro atoms. The van der Waals surface area contributed by atoms with Crippen LogP contribution in [-0.2, 0) is 0 Å². The molecule has 2 amide bonds. The van der Waals surface area contributed by atoms with Gasteiger partial charge in [-0.3, -0.25) is 5.32 Å². The van der Waals surface area contributed by atoms with Gasteiger partial charge in [-0.25, -0.2) is 4.79 Å². The Kier molecular flexibility index (Phi) is 4.21. The predicted molar refractivity (Wildman–Crippen MR) is 81.0 cm³/mol. The molecule has 2 aromatic rings. The van der Waals surface area contributed by atoms with Crippen LogP contribution in [0.5, 0.6) is 5.75 Å². The molecular weight excluding hydrogens is 312 g/mol. The van der Waals surface area contributed by atoms with E-state index in [2.05, 4.69) is 14.9 Å². The summed E-state index contributed by atoms with van der Waals surface area (Å²) < 4.78 is 9.55. The maximum atomic E-state index is 12.0. The van der Waals surface area contributed by atoms with Crippen LogP contribution < -0.4 is 10.1 Å². The second kappa shape index (κ2) is 6.28. The number of ether oxygens (including phenoxy) is 1. The van der Waals surface area contributed by atoms with Crippen LogP contribution >= 0.6 is 23.1 Å². The number of carbonyl (C=O) groups is 1. The number of urea groups is 1. The Morgan fingerprint density at radius 2 is 2.24 bits per heavy atom. The van der Waals surface area contributed by atoms with E-state index in [1.807, 2.05) is 12.1 Å². The highest BCUT2D eigenvalue weighted by atomic mass is 35.5. The zero-order valence-electron chi connectivity index (χ0n) is 11.0. The van der Waals surface area contributed by atoms with E-state index in [9.17, 15) is 4.79 Å². The molecule has 1 saturated heterocycles. The number of nitrogens with zero attached hydrogens (tertiary/aromatic N) is 3. The van der Waals surface area contributed by atoms with E-state index in [1.165, 1.54) is 6.20 Å². The SMILES string of the molecule is O=C(Nc1cnns1)N1CCC(Oc2ccc(Cl)cc2)C1. The monoisotopic (exact) mass is 324 g/mol. The van der Waals surface area contributed by atoms with Crippen molar-refractivity contribution in [1.29, 1.82) is 0 Å². The van der Waals surface area contributed by atoms with Gasteiger partial charge in [0.15, 0.2) is 0 Å². The average Bonchev–Trinajstić information content (AvgIpc) is 3.13. The Balaban J connectivity index is 1.53. The normalized spacial score (nSPS) is 17.8. The number of anilines is 1. The fourth-order valence-corrected chi connectivity index (χ4v) is 2.66. The molecule has 1 aromatic heterocycles. The Morgan fingerprint density at radius 1 is 1.43 bits per heavy atom. The molecule has 8 heteroatoms. The second-order valence-corrected chi connectivity index (χ2v) is 5.86. The zero-order chi connectivity index (χ0) is 14.7. The highest BCUT2D eigenvalue weighted by Gasteiger charge is 2.27. The number of rotatable bonds is 3. The molecule has 1 atom stereocenters. The molecule has 0 bridgehead atoms. The van der Waals surface area contributed by atoms with Crippen molar-refractivity contribution in [3.05, 3.63) is 35.5 Å². The van der Waals surface area contributed by atoms with Gasteiger partial charge in [0.05, 0.1) is 12.7 Å². The summed E-state index contributed by atoms with van der Waals surface area (Å²) in [6.07, 6.45) is 2.33. The van der Waals surface area contributed by atoms with Gasteiger partial charge < -0.3 is 9.64 Å². The topological polar surface area (TPSA) is 67.4 Å². The van der Waals surface area contributed by atoms with Crippen molar-refractivity contribution in [2.45, 2.75) is 12.5 Å². The van der Waals surface area contributed by atoms with Gasteiger partial charge in [-0.05, 0) is 24.3 Å². The van der Waals surface area contributed by atoms with Crippen molar-refractivity contribution >= 4 is 34.2 Å². The van der Waals surface area contributed by atoms with Gasteiger partial charge in [0.2, 0.25) is 0 Å². The lowest BCUT2D eigenvalue weighted by molar-refractivity contribution is 0.195. The summed E-state index contributed by atoms with van der Waals surface area (Å²) in [5.41, 5.74) is 0. The highest BCUT2D eigenvalue weighted by Crippen LogP contribution is 2.21. The van der Waals surface area contributed by atoms with Crippen molar-refractivity contribution < 1.29 is 9.53 Å². The van der Waals surface area contributed by atoms with Crippen LogP contribution in [0.3, 0.4) is 0 Å². The number of halogens is 1. The van der Waals surface area contributed by atoms with Crippen LogP contribution in [0, 0.1) is 0 Å². The number of carbonyl (C=O) groups excluding carboxylic acids is 1. The zero-order valence-corrected chi connectivity index (χ0v) is 12.6. The summed E-state index contributed by atoms with van der Waals surface area (Å²) in [6, 6.07) is 7.07. The summed E-state index contributed by atoms with van der Waals surface area (Å²) in [6.45, 7) is 1.22. The maximum absolute atomic E-state index is 12.0. The molecule has 0 saturated carbocycles. The molecule has 6 nitrogen and oxygen atoms in total. The van der Waals surface area contributed by atoms with E-state index in [0.29, 0.717) is 23.1 Å². The Labute approximate surface area is 130 Å². The van der Waals surface area contributed by atoms with Crippen molar-refractivity contribution in [2.75, 3.05) is 18.4 Å². The number of hydrogen-bond acceptors (Lipinski definition) is 5. The molecule has 2 heterocycles. The first kappa shape index (κ1) is 14.1. The van der Waals surface area contributed by atoms with Gasteiger partial charge in [0, 0.05) is 29.5 Å². The third-order valence-corrected chi connectivity index (χ3v) is 3.97. The lowest BCUT2D eigenvalue weighted by Gasteiger charge is -2.17. The van der Waals surface area contributed by atoms with Crippen LogP contribution in [0.2, 0.25) is 5.02 Å². The van der Waals surface area contributed by atoms with Crippen LogP contribution in [0.15, 0.2) is 30.5 Å². The van der Waals surface area contributed by atoms with Crippen molar-refractivity contribution in [2.24, 2.45) is 0 Å². The molecule has 1 N–H and O–H groups in total. The second-order valence-electron chi connectivity index (χ2n) is 4.64. The third-order valence-electron chi connectivity index (χ3n) is 3.14. The van der Waals surface area contributed by atoms with E-state index < -0.39 is 0 Å². The quantitative estimate of drug-likeness (QED) is 0.942. The Morgan fingerprint density at radius 3 is 2.95 bits per heavy atom. The van der Waals surface area contributed by atoms with Crippen molar-refractivity contribution in [3.63, 3.8) is 0 Å². The largest absolute Gasteiger partial charge is 0.489 e. The van der Waals surface area contributed by atoms with Crippen molar-refractivity contribution in [3.8, 4) is 5.75 Å². The molecule has 1 unspecified atom stereocenters. The van der Waals surface area contributed by atoms with E-state index >= 15 is 0 Å². The molecule has 0 radical (unpaired) electrons. The number of amides is 2. The number of benzene rings is 1. The van der Waals surface area contributed by atoms with Crippen LogP contribution in [0.4, 0.5) is 9.80 Å². The minimum atomic E-state index is -0.150. The fraction of sp³-hybridized carbons (Fsp3) is 0.308. The van der Waals surface area contributed by atoms with Crippen LogP contribution in [-0.4, -0.2) is 39.7 Å². The fourth-order valence-electron chi connectivity index (χ4n) is 2.12. The molecule has 21 heavy (non-hydrogen) atoms. The Bertz CT molecular complexity index is 605. The number of nitrogens with one attached hydrogen (secondary N) is 1. The van der Waals surface area contributed by atoms with Gasteiger partial charge >= 0.3 is 6.03 Å². The third kappa shape index (κ3) is 3.62. The molecule has 0 aliphatic carbocycles. The number of aromatic nitrogens is 2. The van der Waals surface area contributed by atoms with Crippen LogP contribution in [0.25, 0.3) is 0 Å². The van der Waals surface area contributed by atoms with E-state index in [1.54, 1.807) is 17.0 Å². The van der Waals surface area contributed by atoms with E-state index in [0.717, 1.165) is 23.7 Å². The average molecular weight is 325 g/mol. The van der Waals surface area contributed by atoms with Crippen LogP contribution in [0.1, 0.15) is 6.42 Å². The first-order chi connectivity index (χ1) is 10.2. The summed E-state index contributed by atoms with van der Waals surface area (Å²) in [4.78, 5) is 13.8. The van der Waals surface area contributed by atoms with Gasteiger partial charge in [0.1, 0.15) is 16.9 Å². The number of likely N-dealkylation sites (tertiary alicyclic amines) is 1. The highest BCUT2D eigenvalue weighted by molar-refractivity contribution is 7.10. The van der Waals surface area contributed by atoms with Crippen molar-refractivity contribution in [1.82, 2.24) is 14.5 Å². The Hall–Kier alpha value is -1.86. The molecule has 110 valence electrons. The molecular formula is C13H13ClN4O2S. The standard InChI is InChI=1S/C13H13ClN4O2S/c14-9-1-3-10(4-2-9)20-11-5-6-18(8-11)13(19)16-12-7-15-17-21-12/h1-4,7,11H,5-6,8H2,(H,16,19). The number of hydrogen-bond donors (Lipinski definition) is 1. The lowest BCUT2D eigenvalue weighted by Crippen LogP contribution is -2.34. The van der Waals surface area contributed by atoms with Gasteiger partial charge in [0.25, 0.3) is 0 Å². The van der Waals surface area contributed by atoms with Gasteiger partial charge in [-0.2, -0.15) is 0 Å². The lowest BCUT2D eigenvalue weighted by atomic mass is 10.3. The summed E-state index contributed by atoms with van der Waals surface area (Å²) in [5, 5.41) is 7.76. The van der Waals surface area contributed by atoms with E-state index in [-0.39, 0.29) is 12.1 Å². The summed E-state index contributed by atoms with van der Waals surface area (Å²) >= 11 is 6.99. The predicted octanol–water partition coefficient (Wildman–Crippen LogP) is 2.88. The summed E-state index contributed by atoms with van der Waals surface area (Å²) in [7, 11) is 0. The molecule has 1 aliphatic rings. The smallest absolute Gasteiger partial charge is 0.322 e. The van der Waals surface area contributed by atoms with Gasteiger partial charge in [-0.1, -0.05) is 16.1 Å². The molecule has 1 aliphatic heterocycles. The molecule has 3 rings (SSSR count).